The standard InChI is InChI=1S/C52H96N2O4/c1-5-7-9-11-13-15-17-19-21-23-25-27-29-31-33-41-49-57-51(55)43-35-37-46-54(48-40-39-45-53(3)4)47-38-36-44-52(56)58-50-42-34-32-30-28-26-24-22-20-18-16-14-12-10-8-6-2/h13-16,19-22H,5-12,17-18,23-50H2,1-4H3/b15-13-,16-14-,21-19-,22-20-. The third-order valence-corrected chi connectivity index (χ3v) is 10.8. The molecule has 0 aromatic carbocycles. The minimum Gasteiger partial charge on any atom is -0.466 e. The Morgan fingerprint density at radius 2 is 0.707 bits per heavy atom. The molecule has 0 aliphatic heterocycles. The van der Waals surface area contributed by atoms with Gasteiger partial charge in [0.15, 0.2) is 0 Å². The zero-order valence-corrected chi connectivity index (χ0v) is 39.0. The van der Waals surface area contributed by atoms with Gasteiger partial charge in [-0.15, -0.1) is 0 Å². The highest BCUT2D eigenvalue weighted by Gasteiger charge is 2.09. The van der Waals surface area contributed by atoms with Crippen LogP contribution < -0.4 is 0 Å². The van der Waals surface area contributed by atoms with E-state index in [0.29, 0.717) is 26.1 Å². The average molecular weight is 813 g/mol. The summed E-state index contributed by atoms with van der Waals surface area (Å²) in [4.78, 5) is 29.4. The molecule has 0 saturated heterocycles. The van der Waals surface area contributed by atoms with E-state index in [-0.39, 0.29) is 11.9 Å². The molecular weight excluding hydrogens is 717 g/mol. The quantitative estimate of drug-likeness (QED) is 0.0347. The molecule has 0 unspecified atom stereocenters. The summed E-state index contributed by atoms with van der Waals surface area (Å²) in [5.41, 5.74) is 0. The third kappa shape index (κ3) is 46.5. The summed E-state index contributed by atoms with van der Waals surface area (Å²) in [6.45, 7) is 9.80. The minimum atomic E-state index is -0.0471. The first-order valence-electron chi connectivity index (χ1n) is 24.8. The van der Waals surface area contributed by atoms with Crippen LogP contribution in [0.4, 0.5) is 0 Å². The SMILES string of the molecule is CCCCC/C=C\C/C=C\CCCCCCCCOC(=O)CCCCN(CCCCC(=O)OCCCCCCCC/C=C\C/C=C\CCCCC)CCCCN(C)C. The minimum absolute atomic E-state index is 0.0471. The van der Waals surface area contributed by atoms with Crippen molar-refractivity contribution in [1.82, 2.24) is 9.80 Å². The van der Waals surface area contributed by atoms with Gasteiger partial charge in [0.25, 0.3) is 0 Å². The Labute approximate surface area is 361 Å². The number of allylic oxidation sites excluding steroid dienone is 8. The highest BCUT2D eigenvalue weighted by molar-refractivity contribution is 5.69. The van der Waals surface area contributed by atoms with Crippen molar-refractivity contribution in [2.75, 3.05) is 53.5 Å². The Morgan fingerprint density at radius 1 is 0.379 bits per heavy atom. The van der Waals surface area contributed by atoms with Gasteiger partial charge in [-0.2, -0.15) is 0 Å². The number of nitrogens with zero attached hydrogens (tertiary/aromatic N) is 2. The fourth-order valence-electron chi connectivity index (χ4n) is 7.01. The summed E-state index contributed by atoms with van der Waals surface area (Å²) in [5, 5.41) is 0. The fraction of sp³-hybridized carbons (Fsp3) is 0.808. The zero-order chi connectivity index (χ0) is 42.3. The van der Waals surface area contributed by atoms with Gasteiger partial charge in [0.2, 0.25) is 0 Å². The second kappa shape index (κ2) is 47.5. The van der Waals surface area contributed by atoms with E-state index in [4.69, 9.17) is 9.47 Å². The maximum atomic E-state index is 12.3. The largest absolute Gasteiger partial charge is 0.466 e. The van der Waals surface area contributed by atoms with Crippen LogP contribution in [0.2, 0.25) is 0 Å². The van der Waals surface area contributed by atoms with Crippen molar-refractivity contribution in [3.63, 3.8) is 0 Å². The van der Waals surface area contributed by atoms with Crippen molar-refractivity contribution in [2.24, 2.45) is 0 Å². The van der Waals surface area contributed by atoms with Crippen molar-refractivity contribution >= 4 is 11.9 Å². The molecule has 0 fully saturated rings. The van der Waals surface area contributed by atoms with E-state index in [9.17, 15) is 9.59 Å². The maximum Gasteiger partial charge on any atom is 0.305 e. The van der Waals surface area contributed by atoms with Gasteiger partial charge in [0, 0.05) is 12.8 Å². The first-order valence-corrected chi connectivity index (χ1v) is 24.8. The van der Waals surface area contributed by atoms with E-state index in [0.717, 1.165) is 90.4 Å². The Morgan fingerprint density at radius 3 is 1.09 bits per heavy atom. The molecule has 0 aliphatic carbocycles. The highest BCUT2D eigenvalue weighted by Crippen LogP contribution is 2.12. The fourth-order valence-corrected chi connectivity index (χ4v) is 7.01. The van der Waals surface area contributed by atoms with Crippen LogP contribution in [0.3, 0.4) is 0 Å². The Kier molecular flexibility index (Phi) is 45.7. The van der Waals surface area contributed by atoms with Crippen LogP contribution >= 0.6 is 0 Å². The lowest BCUT2D eigenvalue weighted by Crippen LogP contribution is -2.28. The Hall–Kier alpha value is -2.18. The van der Waals surface area contributed by atoms with Crippen LogP contribution in [-0.2, 0) is 19.1 Å². The number of carbonyl (C=O) groups is 2. The summed E-state index contributed by atoms with van der Waals surface area (Å²) < 4.78 is 11.1. The zero-order valence-electron chi connectivity index (χ0n) is 39.0. The predicted octanol–water partition coefficient (Wildman–Crippen LogP) is 14.7. The molecule has 0 radical (unpaired) electrons. The first-order chi connectivity index (χ1) is 28.5. The van der Waals surface area contributed by atoms with Gasteiger partial charge in [0.05, 0.1) is 13.2 Å². The van der Waals surface area contributed by atoms with Gasteiger partial charge in [-0.1, -0.05) is 140 Å². The van der Waals surface area contributed by atoms with Gasteiger partial charge in [0.1, 0.15) is 0 Å². The molecular formula is C52H96N2O4. The molecule has 0 aliphatic rings. The van der Waals surface area contributed by atoms with E-state index in [2.05, 4.69) is 86.4 Å². The number of carbonyl (C=O) groups excluding carboxylic acids is 2. The number of hydrogen-bond acceptors (Lipinski definition) is 6. The third-order valence-electron chi connectivity index (χ3n) is 10.8. The van der Waals surface area contributed by atoms with E-state index in [1.54, 1.807) is 0 Å². The van der Waals surface area contributed by atoms with Crippen LogP contribution in [0, 0.1) is 0 Å². The van der Waals surface area contributed by atoms with Gasteiger partial charge in [-0.05, 0) is 156 Å². The normalized spacial score (nSPS) is 12.2. The number of unbranched alkanes of at least 4 members (excludes halogenated alkanes) is 21. The van der Waals surface area contributed by atoms with Gasteiger partial charge >= 0.3 is 11.9 Å². The molecule has 0 rings (SSSR count). The molecule has 0 amide bonds. The second-order valence-electron chi connectivity index (χ2n) is 16.9. The van der Waals surface area contributed by atoms with Gasteiger partial charge in [-0.3, -0.25) is 9.59 Å². The number of rotatable bonds is 45. The van der Waals surface area contributed by atoms with Crippen molar-refractivity contribution in [3.8, 4) is 0 Å². The topological polar surface area (TPSA) is 59.1 Å². The molecule has 6 nitrogen and oxygen atoms in total. The summed E-state index contributed by atoms with van der Waals surface area (Å²) >= 11 is 0. The van der Waals surface area contributed by atoms with Crippen LogP contribution in [0.25, 0.3) is 0 Å². The smallest absolute Gasteiger partial charge is 0.305 e. The Balaban J connectivity index is 3.89. The molecule has 6 heteroatoms. The van der Waals surface area contributed by atoms with Crippen LogP contribution in [0.1, 0.15) is 219 Å². The molecule has 0 aromatic rings. The summed E-state index contributed by atoms with van der Waals surface area (Å²) in [7, 11) is 4.26. The van der Waals surface area contributed by atoms with E-state index in [1.807, 2.05) is 0 Å². The van der Waals surface area contributed by atoms with Crippen molar-refractivity contribution in [2.45, 2.75) is 219 Å². The van der Waals surface area contributed by atoms with Crippen molar-refractivity contribution < 1.29 is 19.1 Å². The van der Waals surface area contributed by atoms with Crippen LogP contribution in [-0.4, -0.2) is 75.2 Å². The molecule has 58 heavy (non-hydrogen) atoms. The maximum absolute atomic E-state index is 12.3. The molecule has 0 spiro atoms. The number of ether oxygens (including phenoxy) is 2. The predicted molar refractivity (Wildman–Crippen MR) is 253 cm³/mol. The Bertz CT molecular complexity index is 918. The van der Waals surface area contributed by atoms with Crippen LogP contribution in [0.15, 0.2) is 48.6 Å². The second-order valence-corrected chi connectivity index (χ2v) is 16.9. The van der Waals surface area contributed by atoms with Crippen molar-refractivity contribution in [3.05, 3.63) is 48.6 Å². The van der Waals surface area contributed by atoms with E-state index >= 15 is 0 Å². The first kappa shape index (κ1) is 55.8. The number of hydrogen-bond donors (Lipinski definition) is 0. The monoisotopic (exact) mass is 813 g/mol. The molecule has 338 valence electrons. The molecule has 0 bridgehead atoms. The summed E-state index contributed by atoms with van der Waals surface area (Å²) in [6, 6.07) is 0. The lowest BCUT2D eigenvalue weighted by molar-refractivity contribution is -0.144. The van der Waals surface area contributed by atoms with Gasteiger partial charge in [-0.25, -0.2) is 0 Å². The molecule has 0 saturated carbocycles. The van der Waals surface area contributed by atoms with E-state index in [1.165, 1.54) is 128 Å². The van der Waals surface area contributed by atoms with E-state index < -0.39 is 0 Å². The molecule has 0 aromatic heterocycles. The van der Waals surface area contributed by atoms with Gasteiger partial charge < -0.3 is 19.3 Å². The summed E-state index contributed by atoms with van der Waals surface area (Å²) in [6.07, 6.45) is 54.8. The summed E-state index contributed by atoms with van der Waals surface area (Å²) in [5.74, 6) is -0.0943. The van der Waals surface area contributed by atoms with Crippen molar-refractivity contribution in [1.29, 1.82) is 0 Å². The molecule has 0 N–H and O–H groups in total. The van der Waals surface area contributed by atoms with Crippen LogP contribution in [0.5, 0.6) is 0 Å². The molecule has 0 heterocycles. The average Bonchev–Trinajstić information content (AvgIpc) is 3.21. The lowest BCUT2D eigenvalue weighted by Gasteiger charge is -2.22. The molecule has 0 atom stereocenters. The highest BCUT2D eigenvalue weighted by atomic mass is 16.5. The lowest BCUT2D eigenvalue weighted by atomic mass is 10.1. The number of esters is 2.